The molecule has 2 aliphatic heterocycles. The number of benzene rings is 2. The summed E-state index contributed by atoms with van der Waals surface area (Å²) in [6, 6.07) is 16.5. The maximum absolute atomic E-state index is 12.8. The first kappa shape index (κ1) is 23.5. The minimum Gasteiger partial charge on any atom is -0.342 e. The summed E-state index contributed by atoms with van der Waals surface area (Å²) in [5.74, 6) is 0.230. The number of ketones is 1. The number of carbonyl (C=O) groups is 3. The number of para-hydroxylation sites is 1. The lowest BCUT2D eigenvalue weighted by Crippen LogP contribution is -2.47. The normalized spacial score (nSPS) is 18.2. The van der Waals surface area contributed by atoms with Crippen LogP contribution in [-0.2, 0) is 9.59 Å². The second-order valence-corrected chi connectivity index (χ2v) is 9.37. The number of Topliss-reactive ketones (excluding diaryl/α,β-unsaturated/α-hetero) is 1. The highest BCUT2D eigenvalue weighted by molar-refractivity contribution is 6.30. The molecule has 33 heavy (non-hydrogen) atoms. The zero-order valence-corrected chi connectivity index (χ0v) is 19.5. The highest BCUT2D eigenvalue weighted by Gasteiger charge is 2.30. The molecule has 7 heteroatoms. The Kier molecular flexibility index (Phi) is 7.78. The van der Waals surface area contributed by atoms with E-state index in [1.165, 1.54) is 0 Å². The Balaban J connectivity index is 1.19. The van der Waals surface area contributed by atoms with Crippen molar-refractivity contribution in [1.82, 2.24) is 9.80 Å². The van der Waals surface area contributed by atoms with Crippen molar-refractivity contribution in [3.63, 3.8) is 0 Å². The monoisotopic (exact) mass is 467 g/mol. The van der Waals surface area contributed by atoms with Gasteiger partial charge >= 0.3 is 0 Å². The van der Waals surface area contributed by atoms with Gasteiger partial charge in [0.2, 0.25) is 11.8 Å². The van der Waals surface area contributed by atoms with E-state index in [-0.39, 0.29) is 29.4 Å². The number of anilines is 1. The molecule has 2 aromatic rings. The molecule has 0 radical (unpaired) electrons. The molecule has 0 atom stereocenters. The van der Waals surface area contributed by atoms with E-state index in [1.807, 2.05) is 35.2 Å². The second-order valence-electron chi connectivity index (χ2n) is 8.93. The quantitative estimate of drug-likeness (QED) is 0.649. The SMILES string of the molecule is O=C(Nc1ccccc1)C1CCN(C(=O)CN2CCC(C(=O)c3ccc(Cl)cc3)CC2)CC1. The van der Waals surface area contributed by atoms with Gasteiger partial charge in [-0.05, 0) is 75.2 Å². The van der Waals surface area contributed by atoms with Crippen molar-refractivity contribution in [1.29, 1.82) is 0 Å². The molecule has 2 heterocycles. The molecule has 4 rings (SSSR count). The fourth-order valence-electron chi connectivity index (χ4n) is 4.65. The first-order chi connectivity index (χ1) is 16.0. The van der Waals surface area contributed by atoms with Crippen molar-refractivity contribution in [2.45, 2.75) is 25.7 Å². The number of rotatable bonds is 6. The topological polar surface area (TPSA) is 69.7 Å². The van der Waals surface area contributed by atoms with Gasteiger partial charge in [-0.2, -0.15) is 0 Å². The Labute approximate surface area is 199 Å². The summed E-state index contributed by atoms with van der Waals surface area (Å²) in [7, 11) is 0. The summed E-state index contributed by atoms with van der Waals surface area (Å²) >= 11 is 5.92. The lowest BCUT2D eigenvalue weighted by molar-refractivity contribution is -0.135. The minimum absolute atomic E-state index is 0.00333. The fourth-order valence-corrected chi connectivity index (χ4v) is 4.78. The molecule has 2 aromatic carbocycles. The van der Waals surface area contributed by atoms with Gasteiger partial charge in [0.05, 0.1) is 6.54 Å². The van der Waals surface area contributed by atoms with E-state index in [9.17, 15) is 14.4 Å². The molecule has 2 amide bonds. The summed E-state index contributed by atoms with van der Waals surface area (Å²) in [4.78, 5) is 42.0. The average Bonchev–Trinajstić information content (AvgIpc) is 2.85. The van der Waals surface area contributed by atoms with Crippen molar-refractivity contribution < 1.29 is 14.4 Å². The Morgan fingerprint density at radius 1 is 0.818 bits per heavy atom. The van der Waals surface area contributed by atoms with Crippen LogP contribution in [0, 0.1) is 11.8 Å². The molecular formula is C26H30ClN3O3. The lowest BCUT2D eigenvalue weighted by atomic mass is 9.89. The highest BCUT2D eigenvalue weighted by Crippen LogP contribution is 2.24. The van der Waals surface area contributed by atoms with Crippen LogP contribution in [0.25, 0.3) is 0 Å². The first-order valence-electron chi connectivity index (χ1n) is 11.7. The van der Waals surface area contributed by atoms with Crippen molar-refractivity contribution in [2.24, 2.45) is 11.8 Å². The Morgan fingerprint density at radius 3 is 2.06 bits per heavy atom. The number of carbonyl (C=O) groups excluding carboxylic acids is 3. The molecule has 2 aliphatic rings. The molecule has 0 unspecified atom stereocenters. The van der Waals surface area contributed by atoms with Gasteiger partial charge in [-0.1, -0.05) is 29.8 Å². The summed E-state index contributed by atoms with van der Waals surface area (Å²) in [6.07, 6.45) is 2.89. The van der Waals surface area contributed by atoms with E-state index in [0.717, 1.165) is 31.6 Å². The summed E-state index contributed by atoms with van der Waals surface area (Å²) in [5.41, 5.74) is 1.51. The van der Waals surface area contributed by atoms with Crippen LogP contribution >= 0.6 is 11.6 Å². The van der Waals surface area contributed by atoms with Gasteiger partial charge in [0.15, 0.2) is 5.78 Å². The van der Waals surface area contributed by atoms with Crippen LogP contribution in [0.15, 0.2) is 54.6 Å². The summed E-state index contributed by atoms with van der Waals surface area (Å²) in [6.45, 7) is 3.08. The zero-order chi connectivity index (χ0) is 23.2. The van der Waals surface area contributed by atoms with Crippen LogP contribution in [0.1, 0.15) is 36.0 Å². The van der Waals surface area contributed by atoms with E-state index in [1.54, 1.807) is 24.3 Å². The van der Waals surface area contributed by atoms with Gasteiger partial charge in [-0.3, -0.25) is 19.3 Å². The largest absolute Gasteiger partial charge is 0.342 e. The minimum atomic E-state index is -0.0659. The molecule has 174 valence electrons. The molecule has 0 bridgehead atoms. The zero-order valence-electron chi connectivity index (χ0n) is 18.7. The van der Waals surface area contributed by atoms with E-state index in [2.05, 4.69) is 10.2 Å². The van der Waals surface area contributed by atoms with Gasteiger partial charge in [0, 0.05) is 41.2 Å². The Bertz CT molecular complexity index is 964. The van der Waals surface area contributed by atoms with Crippen LogP contribution in [-0.4, -0.2) is 60.1 Å². The number of amides is 2. The third kappa shape index (κ3) is 6.21. The number of hydrogen-bond acceptors (Lipinski definition) is 4. The molecule has 0 aromatic heterocycles. The van der Waals surface area contributed by atoms with E-state index in [0.29, 0.717) is 43.1 Å². The number of piperidine rings is 2. The third-order valence-corrected chi connectivity index (χ3v) is 6.96. The molecule has 0 saturated carbocycles. The van der Waals surface area contributed by atoms with Crippen LogP contribution in [0.4, 0.5) is 5.69 Å². The van der Waals surface area contributed by atoms with Crippen LogP contribution in [0.5, 0.6) is 0 Å². The second kappa shape index (κ2) is 10.9. The van der Waals surface area contributed by atoms with Gasteiger partial charge in [0.25, 0.3) is 0 Å². The first-order valence-corrected chi connectivity index (χ1v) is 12.0. The van der Waals surface area contributed by atoms with Gasteiger partial charge in [-0.25, -0.2) is 0 Å². The van der Waals surface area contributed by atoms with Crippen molar-refractivity contribution in [2.75, 3.05) is 38.0 Å². The third-order valence-electron chi connectivity index (χ3n) is 6.71. The number of hydrogen-bond donors (Lipinski definition) is 1. The van der Waals surface area contributed by atoms with Gasteiger partial charge in [-0.15, -0.1) is 0 Å². The van der Waals surface area contributed by atoms with Gasteiger partial charge in [0.1, 0.15) is 0 Å². The predicted molar refractivity (Wildman–Crippen MR) is 129 cm³/mol. The molecule has 0 spiro atoms. The van der Waals surface area contributed by atoms with Crippen LogP contribution in [0.3, 0.4) is 0 Å². The lowest BCUT2D eigenvalue weighted by Gasteiger charge is -2.35. The maximum atomic E-state index is 12.8. The van der Waals surface area contributed by atoms with E-state index < -0.39 is 0 Å². The highest BCUT2D eigenvalue weighted by atomic mass is 35.5. The summed E-state index contributed by atoms with van der Waals surface area (Å²) < 4.78 is 0. The van der Waals surface area contributed by atoms with Crippen molar-refractivity contribution in [3.05, 3.63) is 65.2 Å². The van der Waals surface area contributed by atoms with Gasteiger partial charge < -0.3 is 10.2 Å². The fraction of sp³-hybridized carbons (Fsp3) is 0.423. The molecule has 1 N–H and O–H groups in total. The average molecular weight is 468 g/mol. The molecule has 0 aliphatic carbocycles. The number of nitrogens with one attached hydrogen (secondary N) is 1. The van der Waals surface area contributed by atoms with E-state index in [4.69, 9.17) is 11.6 Å². The van der Waals surface area contributed by atoms with Crippen LogP contribution < -0.4 is 5.32 Å². The number of likely N-dealkylation sites (tertiary alicyclic amines) is 2. The standard InChI is InChI=1S/C26H30ClN3O3/c27-22-8-6-19(7-9-22)25(32)20-10-14-29(15-11-20)18-24(31)30-16-12-21(13-17-30)26(33)28-23-4-2-1-3-5-23/h1-9,20-21H,10-18H2,(H,28,33). The number of halogens is 1. The Hall–Kier alpha value is -2.70. The molecular weight excluding hydrogens is 438 g/mol. The van der Waals surface area contributed by atoms with Crippen molar-refractivity contribution in [3.8, 4) is 0 Å². The number of nitrogens with zero attached hydrogens (tertiary/aromatic N) is 2. The van der Waals surface area contributed by atoms with Crippen molar-refractivity contribution >= 4 is 34.9 Å². The molecule has 2 saturated heterocycles. The van der Waals surface area contributed by atoms with Crippen LogP contribution in [0.2, 0.25) is 5.02 Å². The predicted octanol–water partition coefficient (Wildman–Crippen LogP) is 4.11. The summed E-state index contributed by atoms with van der Waals surface area (Å²) in [5, 5.41) is 3.59. The van der Waals surface area contributed by atoms with E-state index >= 15 is 0 Å². The molecule has 6 nitrogen and oxygen atoms in total. The Morgan fingerprint density at radius 2 is 1.42 bits per heavy atom. The maximum Gasteiger partial charge on any atom is 0.236 e. The molecule has 2 fully saturated rings. The smallest absolute Gasteiger partial charge is 0.236 e.